The Morgan fingerprint density at radius 2 is 2.07 bits per heavy atom. The first-order chi connectivity index (χ1) is 6.86. The molecule has 3 nitrogen and oxygen atoms in total. The van der Waals surface area contributed by atoms with Crippen molar-refractivity contribution in [1.29, 1.82) is 0 Å². The van der Waals surface area contributed by atoms with E-state index in [-0.39, 0.29) is 0 Å². The average molecular weight is 187 g/mol. The molecular formula is C11H13N3. The first-order valence-electron chi connectivity index (χ1n) is 4.75. The first-order valence-corrected chi connectivity index (χ1v) is 4.75. The number of rotatable bonds is 3. The molecule has 0 fully saturated rings. The van der Waals surface area contributed by atoms with E-state index in [1.807, 2.05) is 16.9 Å². The second kappa shape index (κ2) is 4.05. The van der Waals surface area contributed by atoms with E-state index >= 15 is 0 Å². The summed E-state index contributed by atoms with van der Waals surface area (Å²) in [5.41, 5.74) is 1.34. The van der Waals surface area contributed by atoms with Gasteiger partial charge < -0.3 is 0 Å². The Balaban J connectivity index is 2.07. The highest BCUT2D eigenvalue weighted by Gasteiger charge is 2.05. The van der Waals surface area contributed by atoms with Crippen molar-refractivity contribution in [3.05, 3.63) is 48.3 Å². The van der Waals surface area contributed by atoms with Gasteiger partial charge in [-0.15, -0.1) is 5.10 Å². The lowest BCUT2D eigenvalue weighted by Crippen LogP contribution is -2.06. The summed E-state index contributed by atoms with van der Waals surface area (Å²) in [6.07, 6.45) is 3.59. The van der Waals surface area contributed by atoms with Gasteiger partial charge in [0.25, 0.3) is 0 Å². The molecule has 72 valence electrons. The van der Waals surface area contributed by atoms with Gasteiger partial charge in [-0.25, -0.2) is 0 Å². The fourth-order valence-electron chi connectivity index (χ4n) is 1.50. The molecule has 1 aromatic carbocycles. The van der Waals surface area contributed by atoms with Crippen LogP contribution in [-0.4, -0.2) is 15.0 Å². The summed E-state index contributed by atoms with van der Waals surface area (Å²) >= 11 is 0. The van der Waals surface area contributed by atoms with E-state index < -0.39 is 0 Å². The number of hydrogen-bond donors (Lipinski definition) is 0. The lowest BCUT2D eigenvalue weighted by molar-refractivity contribution is 0.527. The maximum atomic E-state index is 3.95. The molecule has 0 bridgehead atoms. The van der Waals surface area contributed by atoms with Crippen LogP contribution in [0.15, 0.2) is 42.7 Å². The minimum absolute atomic E-state index is 0.470. The third kappa shape index (κ3) is 1.99. The topological polar surface area (TPSA) is 30.7 Å². The van der Waals surface area contributed by atoms with Crippen molar-refractivity contribution in [1.82, 2.24) is 15.0 Å². The van der Waals surface area contributed by atoms with Crippen LogP contribution in [0.2, 0.25) is 0 Å². The maximum absolute atomic E-state index is 3.95. The van der Waals surface area contributed by atoms with E-state index in [0.29, 0.717) is 5.92 Å². The van der Waals surface area contributed by atoms with Crippen molar-refractivity contribution in [3.63, 3.8) is 0 Å². The molecule has 1 aromatic heterocycles. The second-order valence-corrected chi connectivity index (χ2v) is 3.44. The van der Waals surface area contributed by atoms with Gasteiger partial charge in [-0.05, 0) is 5.56 Å². The van der Waals surface area contributed by atoms with Crippen molar-refractivity contribution >= 4 is 0 Å². The Morgan fingerprint density at radius 3 is 2.71 bits per heavy atom. The smallest absolute Gasteiger partial charge is 0.0692 e. The molecule has 0 spiro atoms. The summed E-state index contributed by atoms with van der Waals surface area (Å²) in [5.74, 6) is 0.470. The molecule has 2 rings (SSSR count). The van der Waals surface area contributed by atoms with Gasteiger partial charge >= 0.3 is 0 Å². The minimum Gasteiger partial charge on any atom is -0.252 e. The predicted octanol–water partition coefficient (Wildman–Crippen LogP) is 2.08. The SMILES string of the molecule is C[C@H](Cn1ccnn1)c1ccccc1. The van der Waals surface area contributed by atoms with Crippen LogP contribution in [0.5, 0.6) is 0 Å². The summed E-state index contributed by atoms with van der Waals surface area (Å²) in [5, 5.41) is 7.73. The van der Waals surface area contributed by atoms with Gasteiger partial charge in [0, 0.05) is 18.7 Å². The Morgan fingerprint density at radius 1 is 1.29 bits per heavy atom. The molecule has 2 aromatic rings. The van der Waals surface area contributed by atoms with E-state index in [1.165, 1.54) is 5.56 Å². The second-order valence-electron chi connectivity index (χ2n) is 3.44. The monoisotopic (exact) mass is 187 g/mol. The van der Waals surface area contributed by atoms with Crippen LogP contribution in [0, 0.1) is 0 Å². The molecule has 1 atom stereocenters. The van der Waals surface area contributed by atoms with Gasteiger partial charge in [0.15, 0.2) is 0 Å². The van der Waals surface area contributed by atoms with Crippen LogP contribution >= 0.6 is 0 Å². The zero-order chi connectivity index (χ0) is 9.80. The van der Waals surface area contributed by atoms with E-state index in [9.17, 15) is 0 Å². The van der Waals surface area contributed by atoms with E-state index in [2.05, 4.69) is 41.5 Å². The van der Waals surface area contributed by atoms with Gasteiger partial charge in [-0.2, -0.15) is 0 Å². The van der Waals surface area contributed by atoms with E-state index in [1.54, 1.807) is 6.20 Å². The van der Waals surface area contributed by atoms with Gasteiger partial charge in [-0.1, -0.05) is 42.5 Å². The van der Waals surface area contributed by atoms with Crippen molar-refractivity contribution in [3.8, 4) is 0 Å². The molecule has 0 aliphatic rings. The summed E-state index contributed by atoms with van der Waals surface area (Å²) in [4.78, 5) is 0. The van der Waals surface area contributed by atoms with Crippen LogP contribution in [0.4, 0.5) is 0 Å². The van der Waals surface area contributed by atoms with Crippen LogP contribution in [0.25, 0.3) is 0 Å². The summed E-state index contributed by atoms with van der Waals surface area (Å²) in [7, 11) is 0. The Hall–Kier alpha value is -1.64. The molecule has 0 aliphatic heterocycles. The van der Waals surface area contributed by atoms with Gasteiger partial charge in [0.2, 0.25) is 0 Å². The molecule has 0 unspecified atom stereocenters. The fourth-order valence-corrected chi connectivity index (χ4v) is 1.50. The molecule has 0 amide bonds. The summed E-state index contributed by atoms with van der Waals surface area (Å²) in [6, 6.07) is 10.4. The highest BCUT2D eigenvalue weighted by atomic mass is 15.4. The Labute approximate surface area is 83.4 Å². The van der Waals surface area contributed by atoms with Crippen LogP contribution in [0.3, 0.4) is 0 Å². The molecule has 1 heterocycles. The van der Waals surface area contributed by atoms with Gasteiger partial charge in [0.05, 0.1) is 6.20 Å². The molecule has 0 N–H and O–H groups in total. The van der Waals surface area contributed by atoms with Crippen molar-refractivity contribution in [2.75, 3.05) is 0 Å². The minimum atomic E-state index is 0.470. The Bertz CT molecular complexity index is 367. The van der Waals surface area contributed by atoms with Gasteiger partial charge in [-0.3, -0.25) is 4.68 Å². The quantitative estimate of drug-likeness (QED) is 0.736. The molecule has 0 saturated carbocycles. The number of nitrogens with zero attached hydrogens (tertiary/aromatic N) is 3. The third-order valence-corrected chi connectivity index (χ3v) is 2.30. The number of benzene rings is 1. The van der Waals surface area contributed by atoms with Gasteiger partial charge in [0.1, 0.15) is 0 Å². The largest absolute Gasteiger partial charge is 0.252 e. The van der Waals surface area contributed by atoms with Crippen LogP contribution < -0.4 is 0 Å². The highest BCUT2D eigenvalue weighted by molar-refractivity contribution is 5.18. The standard InChI is InChI=1S/C11H13N3/c1-10(9-14-8-7-12-13-14)11-5-3-2-4-6-11/h2-8,10H,9H2,1H3/t10-/m1/s1. The molecule has 0 aliphatic carbocycles. The highest BCUT2D eigenvalue weighted by Crippen LogP contribution is 2.15. The van der Waals surface area contributed by atoms with E-state index in [0.717, 1.165) is 6.54 Å². The maximum Gasteiger partial charge on any atom is 0.0692 e. The fraction of sp³-hybridized carbons (Fsp3) is 0.273. The number of aromatic nitrogens is 3. The van der Waals surface area contributed by atoms with Crippen LogP contribution in [-0.2, 0) is 6.54 Å². The molecule has 0 radical (unpaired) electrons. The van der Waals surface area contributed by atoms with Crippen LogP contribution in [0.1, 0.15) is 18.4 Å². The molecule has 0 saturated heterocycles. The normalized spacial score (nSPS) is 12.6. The summed E-state index contributed by atoms with van der Waals surface area (Å²) in [6.45, 7) is 3.07. The van der Waals surface area contributed by atoms with Crippen molar-refractivity contribution < 1.29 is 0 Å². The zero-order valence-corrected chi connectivity index (χ0v) is 8.17. The zero-order valence-electron chi connectivity index (χ0n) is 8.17. The third-order valence-electron chi connectivity index (χ3n) is 2.30. The predicted molar refractivity (Wildman–Crippen MR) is 54.9 cm³/mol. The molecular weight excluding hydrogens is 174 g/mol. The van der Waals surface area contributed by atoms with Crippen molar-refractivity contribution in [2.24, 2.45) is 0 Å². The lowest BCUT2D eigenvalue weighted by atomic mass is 10.0. The lowest BCUT2D eigenvalue weighted by Gasteiger charge is -2.10. The molecule has 14 heavy (non-hydrogen) atoms. The Kier molecular flexibility index (Phi) is 2.58. The molecule has 3 heteroatoms. The first kappa shape index (κ1) is 8.94. The summed E-state index contributed by atoms with van der Waals surface area (Å²) < 4.78 is 1.86. The average Bonchev–Trinajstić information content (AvgIpc) is 2.72. The number of hydrogen-bond acceptors (Lipinski definition) is 2. The van der Waals surface area contributed by atoms with E-state index in [4.69, 9.17) is 0 Å². The van der Waals surface area contributed by atoms with Crippen molar-refractivity contribution in [2.45, 2.75) is 19.4 Å².